The van der Waals surface area contributed by atoms with Crippen LogP contribution in [0.4, 0.5) is 0 Å². The predicted molar refractivity (Wildman–Crippen MR) is 0 cm³/mol. The summed E-state index contributed by atoms with van der Waals surface area (Å²) in [6, 6.07) is 0. The molecule has 0 spiro atoms. The van der Waals surface area contributed by atoms with Gasteiger partial charge in [0.15, 0.2) is 0 Å². The van der Waals surface area contributed by atoms with Crippen molar-refractivity contribution in [2.45, 2.75) is 0 Å². The molecule has 0 aromatic rings. The quantitative estimate of drug-likeness (QED) is 0.329. The molecule has 2 radical (unpaired) electrons. The molecule has 0 aliphatic heterocycles. The molecule has 0 aliphatic carbocycles. The Labute approximate surface area is 199 Å². The van der Waals surface area contributed by atoms with Crippen LogP contribution in [0.1, 0.15) is 0 Å². The summed E-state index contributed by atoms with van der Waals surface area (Å²) in [5.41, 5.74) is 0. The molecule has 0 aromatic carbocycles. The summed E-state index contributed by atoms with van der Waals surface area (Å²) in [4.78, 5) is 0. The van der Waals surface area contributed by atoms with Gasteiger partial charge in [0.05, 0.1) is 0 Å². The van der Waals surface area contributed by atoms with Crippen molar-refractivity contribution < 1.29 is 207 Å². The van der Waals surface area contributed by atoms with Gasteiger partial charge in [-0.3, -0.25) is 0 Å². The van der Waals surface area contributed by atoms with Crippen LogP contribution in [0.3, 0.4) is 0 Å². The molecular formula is CeEuGdLaSm. The van der Waals surface area contributed by atoms with Gasteiger partial charge in [0, 0.05) is 207 Å². The second-order valence-electron chi connectivity index (χ2n) is 0. The number of rotatable bonds is 0. The van der Waals surface area contributed by atoms with Gasteiger partial charge in [0.1, 0.15) is 0 Å². The Morgan fingerprint density at radius 1 is 1.00 bits per heavy atom. The van der Waals surface area contributed by atoms with Crippen molar-refractivity contribution in [1.82, 2.24) is 0 Å². The van der Waals surface area contributed by atoms with Crippen molar-refractivity contribution in [1.29, 1.82) is 0 Å². The van der Waals surface area contributed by atoms with Gasteiger partial charge in [-0.15, -0.1) is 0 Å². The van der Waals surface area contributed by atoms with Gasteiger partial charge >= 0.3 is 0 Å². The number of hydrogen-bond acceptors (Lipinski definition) is 0. The van der Waals surface area contributed by atoms with Crippen LogP contribution >= 0.6 is 0 Å². The van der Waals surface area contributed by atoms with E-state index < -0.39 is 0 Å². The molecule has 0 unspecified atom stereocenters. The Bertz CT molecular complexity index is 11.6. The zero-order valence-corrected chi connectivity index (χ0v) is 16.3. The Kier molecular flexibility index (Phi) is 133. The van der Waals surface area contributed by atoms with E-state index in [1.165, 1.54) is 0 Å². The first kappa shape index (κ1) is 29.8. The summed E-state index contributed by atoms with van der Waals surface area (Å²) in [6.45, 7) is 0. The van der Waals surface area contributed by atoms with Gasteiger partial charge < -0.3 is 0 Å². The second-order valence-corrected chi connectivity index (χ2v) is 0. The summed E-state index contributed by atoms with van der Waals surface area (Å²) in [6.07, 6.45) is 0. The van der Waals surface area contributed by atoms with Crippen LogP contribution < -0.4 is 0 Å². The van der Waals surface area contributed by atoms with Gasteiger partial charge in [-0.2, -0.15) is 0 Å². The summed E-state index contributed by atoms with van der Waals surface area (Å²) in [5, 5.41) is 0. The molecule has 5 heteroatoms. The van der Waals surface area contributed by atoms with Crippen LogP contribution in [0.2, 0.25) is 0 Å². The van der Waals surface area contributed by atoms with E-state index in [0.29, 0.717) is 0 Å². The molecule has 5 heavy (non-hydrogen) atoms. The van der Waals surface area contributed by atoms with Crippen LogP contribution in [0.15, 0.2) is 0 Å². The van der Waals surface area contributed by atoms with Crippen LogP contribution in [0, 0.1) is 207 Å². The largest absolute Gasteiger partial charge is 0 e. The molecule has 0 amide bonds. The van der Waals surface area contributed by atoms with Crippen LogP contribution in [-0.2, 0) is 0 Å². The van der Waals surface area contributed by atoms with Crippen LogP contribution in [0.25, 0.3) is 0 Å². The van der Waals surface area contributed by atoms with E-state index in [-0.39, 0.29) is 207 Å². The minimum absolute atomic E-state index is 0. The first-order valence-electron chi connectivity index (χ1n) is 0. The average molecular weight is 739 g/mol. The van der Waals surface area contributed by atoms with Gasteiger partial charge in [0.2, 0.25) is 0 Å². The maximum Gasteiger partial charge on any atom is 0 e. The molecule has 0 heterocycles. The first-order chi connectivity index (χ1) is 0. The molecule has 0 fully saturated rings. The van der Waals surface area contributed by atoms with Crippen molar-refractivity contribution in [3.63, 3.8) is 0 Å². The van der Waals surface area contributed by atoms with Crippen molar-refractivity contribution in [2.24, 2.45) is 0 Å². The van der Waals surface area contributed by atoms with Crippen molar-refractivity contribution in [3.8, 4) is 0 Å². The predicted octanol–water partition coefficient (Wildman–Crippen LogP) is 0. The third kappa shape index (κ3) is 18.1. The standard InChI is InChI=1S/Ce.Eu.Gd.La.Sm. The topological polar surface area (TPSA) is 0 Å². The maximum absolute atomic E-state index is 0. The summed E-state index contributed by atoms with van der Waals surface area (Å²) < 4.78 is 0. The zero-order valence-electron chi connectivity index (χ0n) is 2.22. The second kappa shape index (κ2) is 22.4. The molecule has 0 saturated heterocycles. The van der Waals surface area contributed by atoms with Gasteiger partial charge in [0.25, 0.3) is 0 Å². The Balaban J connectivity index is 0. The summed E-state index contributed by atoms with van der Waals surface area (Å²) in [5.74, 6) is 0. The molecule has 0 aromatic heterocycles. The number of hydrogen-bond donors (Lipinski definition) is 0. The van der Waals surface area contributed by atoms with E-state index in [0.717, 1.165) is 0 Å². The van der Waals surface area contributed by atoms with E-state index >= 15 is 0 Å². The molecule has 0 atom stereocenters. The van der Waals surface area contributed by atoms with E-state index in [2.05, 4.69) is 0 Å². The van der Waals surface area contributed by atoms with Crippen LogP contribution in [-0.4, -0.2) is 0 Å². The zero-order chi connectivity index (χ0) is 0. The van der Waals surface area contributed by atoms with Crippen molar-refractivity contribution in [2.75, 3.05) is 0 Å². The van der Waals surface area contributed by atoms with Crippen molar-refractivity contribution >= 4 is 0 Å². The molecule has 0 N–H and O–H groups in total. The molecule has 28 valence electrons. The molecule has 0 saturated carbocycles. The van der Waals surface area contributed by atoms with Gasteiger partial charge in [-0.1, -0.05) is 0 Å². The average Bonchev–Trinajstić information content (AvgIpc) is 0. The van der Waals surface area contributed by atoms with E-state index in [4.69, 9.17) is 0 Å². The summed E-state index contributed by atoms with van der Waals surface area (Å²) in [7, 11) is 0. The fraction of sp³-hybridized carbons (Fsp3) is 0. The van der Waals surface area contributed by atoms with E-state index in [1.807, 2.05) is 0 Å². The van der Waals surface area contributed by atoms with E-state index in [1.54, 1.807) is 0 Å². The summed E-state index contributed by atoms with van der Waals surface area (Å²) >= 11 is 0. The normalized spacial score (nSPS) is 0. The molecule has 0 aliphatic rings. The third-order valence-electron chi connectivity index (χ3n) is 0. The fourth-order valence-electron chi connectivity index (χ4n) is 0. The Morgan fingerprint density at radius 3 is 1.00 bits per heavy atom. The minimum atomic E-state index is 0. The SMILES string of the molecule is [Ce].[Eu].[Gd].[La].[Sm]. The smallest absolute Gasteiger partial charge is 0 e. The van der Waals surface area contributed by atoms with Gasteiger partial charge in [-0.05, 0) is 0 Å². The molecule has 0 nitrogen and oxygen atoms in total. The monoisotopic (exact) mass is 742 g/mol. The first-order valence-corrected chi connectivity index (χ1v) is 0. The maximum atomic E-state index is 0. The van der Waals surface area contributed by atoms with Gasteiger partial charge in [-0.25, -0.2) is 0 Å². The molecule has 0 rings (SSSR count). The molecule has 0 bridgehead atoms. The van der Waals surface area contributed by atoms with Crippen molar-refractivity contribution in [3.05, 3.63) is 0 Å². The Morgan fingerprint density at radius 2 is 1.00 bits per heavy atom. The van der Waals surface area contributed by atoms with E-state index in [9.17, 15) is 0 Å². The molecular weight excluding hydrogens is 739 g/mol. The minimum Gasteiger partial charge on any atom is 0 e. The van der Waals surface area contributed by atoms with Crippen LogP contribution in [0.5, 0.6) is 0 Å². The fourth-order valence-corrected chi connectivity index (χ4v) is 0. The third-order valence-corrected chi connectivity index (χ3v) is 0. The Hall–Kier alpha value is 6.82.